The second-order valence-corrected chi connectivity index (χ2v) is 0.947. The molecule has 0 aromatic rings. The van der Waals surface area contributed by atoms with Crippen LogP contribution in [0.25, 0.3) is 0 Å². The third-order valence-corrected chi connectivity index (χ3v) is 0.353. The van der Waals surface area contributed by atoms with E-state index in [0.717, 1.165) is 11.6 Å². The van der Waals surface area contributed by atoms with Gasteiger partial charge in [0.25, 0.3) is 0 Å². The summed E-state index contributed by atoms with van der Waals surface area (Å²) in [7, 11) is 0. The minimum absolute atomic E-state index is 0.523. The molecule has 0 heterocycles. The standard InChI is InChI=1S/C3H4ClNO/c4-2-1-3(5)6/h1-2H,(H2,5,6)/b2-1-. The van der Waals surface area contributed by atoms with E-state index in [1.165, 1.54) is 0 Å². The van der Waals surface area contributed by atoms with E-state index in [1.807, 2.05) is 0 Å². The summed E-state index contributed by atoms with van der Waals surface area (Å²) in [5.74, 6) is -0.523. The van der Waals surface area contributed by atoms with Gasteiger partial charge in [0.05, 0.1) is 0 Å². The van der Waals surface area contributed by atoms with E-state index < -0.39 is 5.91 Å². The zero-order valence-corrected chi connectivity index (χ0v) is 3.77. The van der Waals surface area contributed by atoms with Gasteiger partial charge in [0.15, 0.2) is 0 Å². The minimum atomic E-state index is -0.523. The summed E-state index contributed by atoms with van der Waals surface area (Å²) in [6.07, 6.45) is 1.07. The summed E-state index contributed by atoms with van der Waals surface area (Å²) in [4.78, 5) is 9.65. The van der Waals surface area contributed by atoms with Crippen molar-refractivity contribution in [1.82, 2.24) is 0 Å². The van der Waals surface area contributed by atoms with E-state index in [9.17, 15) is 4.79 Å². The van der Waals surface area contributed by atoms with Gasteiger partial charge in [0, 0.05) is 11.6 Å². The molecular weight excluding hydrogens is 101 g/mol. The molecule has 0 aliphatic rings. The molecule has 0 saturated heterocycles. The van der Waals surface area contributed by atoms with Crippen molar-refractivity contribution < 1.29 is 4.79 Å². The highest BCUT2D eigenvalue weighted by Gasteiger charge is 1.74. The second-order valence-electron chi connectivity index (χ2n) is 0.695. The molecule has 34 valence electrons. The first-order chi connectivity index (χ1) is 2.77. The molecular formula is C3H4ClNO. The molecule has 2 N–H and O–H groups in total. The monoisotopic (exact) mass is 105 g/mol. The Bertz CT molecular complexity index is 78.9. The number of nitrogens with two attached hydrogens (primary N) is 1. The van der Waals surface area contributed by atoms with E-state index >= 15 is 0 Å². The quantitative estimate of drug-likeness (QED) is 0.477. The highest BCUT2D eigenvalue weighted by atomic mass is 35.5. The first-order valence-corrected chi connectivity index (χ1v) is 1.77. The Hall–Kier alpha value is -0.500. The number of hydrogen-bond acceptors (Lipinski definition) is 1. The van der Waals surface area contributed by atoms with Crippen molar-refractivity contribution in [3.05, 3.63) is 11.6 Å². The van der Waals surface area contributed by atoms with Crippen LogP contribution in [0.1, 0.15) is 0 Å². The van der Waals surface area contributed by atoms with Gasteiger partial charge in [-0.05, 0) is 0 Å². The second kappa shape index (κ2) is 2.72. The minimum Gasteiger partial charge on any atom is -0.366 e. The fraction of sp³-hybridized carbons (Fsp3) is 0. The lowest BCUT2D eigenvalue weighted by Gasteiger charge is -1.68. The highest BCUT2D eigenvalue weighted by molar-refractivity contribution is 6.26. The van der Waals surface area contributed by atoms with Crippen LogP contribution >= 0.6 is 11.6 Å². The van der Waals surface area contributed by atoms with Crippen molar-refractivity contribution in [2.75, 3.05) is 0 Å². The van der Waals surface area contributed by atoms with Gasteiger partial charge in [0.1, 0.15) is 0 Å². The number of amides is 1. The van der Waals surface area contributed by atoms with Crippen molar-refractivity contribution in [2.24, 2.45) is 5.73 Å². The zero-order valence-electron chi connectivity index (χ0n) is 3.02. The number of carbonyl (C=O) groups excluding carboxylic acids is 1. The largest absolute Gasteiger partial charge is 0.366 e. The average molecular weight is 106 g/mol. The molecule has 0 aromatic heterocycles. The van der Waals surface area contributed by atoms with Crippen LogP contribution in [-0.2, 0) is 4.79 Å². The van der Waals surface area contributed by atoms with Crippen molar-refractivity contribution in [2.45, 2.75) is 0 Å². The van der Waals surface area contributed by atoms with E-state index in [4.69, 9.17) is 11.6 Å². The maximum absolute atomic E-state index is 9.65. The third kappa shape index (κ3) is 3.50. The molecule has 0 saturated carbocycles. The van der Waals surface area contributed by atoms with Gasteiger partial charge in [0.2, 0.25) is 5.91 Å². The lowest BCUT2D eigenvalue weighted by atomic mass is 10.6. The van der Waals surface area contributed by atoms with Crippen LogP contribution in [0.5, 0.6) is 0 Å². The Morgan fingerprint density at radius 2 is 2.33 bits per heavy atom. The molecule has 0 radical (unpaired) electrons. The topological polar surface area (TPSA) is 43.1 Å². The van der Waals surface area contributed by atoms with Crippen LogP contribution in [0.3, 0.4) is 0 Å². The van der Waals surface area contributed by atoms with Crippen molar-refractivity contribution in [1.29, 1.82) is 0 Å². The summed E-state index contributed by atoms with van der Waals surface area (Å²) in [6, 6.07) is 0. The van der Waals surface area contributed by atoms with Gasteiger partial charge in [-0.2, -0.15) is 0 Å². The Labute approximate surface area is 40.6 Å². The van der Waals surface area contributed by atoms with Crippen LogP contribution in [0.2, 0.25) is 0 Å². The van der Waals surface area contributed by atoms with Crippen molar-refractivity contribution in [3.63, 3.8) is 0 Å². The SMILES string of the molecule is NC(=O)/C=C\Cl. The van der Waals surface area contributed by atoms with Gasteiger partial charge >= 0.3 is 0 Å². The number of primary amides is 1. The molecule has 6 heavy (non-hydrogen) atoms. The molecule has 0 unspecified atom stereocenters. The first-order valence-electron chi connectivity index (χ1n) is 1.33. The van der Waals surface area contributed by atoms with E-state index in [2.05, 4.69) is 5.73 Å². The van der Waals surface area contributed by atoms with E-state index in [0.29, 0.717) is 0 Å². The maximum Gasteiger partial charge on any atom is 0.242 e. The zero-order chi connectivity index (χ0) is 4.99. The molecule has 0 rings (SSSR count). The lowest BCUT2D eigenvalue weighted by Crippen LogP contribution is -2.04. The normalized spacial score (nSPS) is 9.50. The number of rotatable bonds is 1. The van der Waals surface area contributed by atoms with E-state index in [-0.39, 0.29) is 0 Å². The molecule has 0 fully saturated rings. The Kier molecular flexibility index (Phi) is 2.50. The maximum atomic E-state index is 9.65. The smallest absolute Gasteiger partial charge is 0.242 e. The van der Waals surface area contributed by atoms with Crippen LogP contribution < -0.4 is 5.73 Å². The summed E-state index contributed by atoms with van der Waals surface area (Å²) in [6.45, 7) is 0. The fourth-order valence-electron chi connectivity index (χ4n) is 0.0621. The molecule has 1 amide bonds. The Balaban J connectivity index is 3.30. The van der Waals surface area contributed by atoms with Crippen molar-refractivity contribution in [3.8, 4) is 0 Å². The fourth-order valence-corrected chi connectivity index (χ4v) is 0.186. The molecule has 0 atom stereocenters. The Morgan fingerprint density at radius 1 is 1.83 bits per heavy atom. The molecule has 0 spiro atoms. The molecule has 0 aliphatic carbocycles. The van der Waals surface area contributed by atoms with Gasteiger partial charge in [-0.15, -0.1) is 0 Å². The highest BCUT2D eigenvalue weighted by Crippen LogP contribution is 1.72. The number of halogens is 1. The average Bonchev–Trinajstić information content (AvgIpc) is 1.35. The molecule has 2 nitrogen and oxygen atoms in total. The lowest BCUT2D eigenvalue weighted by molar-refractivity contribution is -0.113. The predicted octanol–water partition coefficient (Wildman–Crippen LogP) is 0.224. The van der Waals surface area contributed by atoms with Crippen LogP contribution in [0, 0.1) is 0 Å². The first kappa shape index (κ1) is 5.50. The van der Waals surface area contributed by atoms with Gasteiger partial charge in [-0.3, -0.25) is 4.79 Å². The number of carbonyl (C=O) groups is 1. The van der Waals surface area contributed by atoms with E-state index in [1.54, 1.807) is 0 Å². The van der Waals surface area contributed by atoms with Crippen molar-refractivity contribution >= 4 is 17.5 Å². The molecule has 0 bridgehead atoms. The third-order valence-electron chi connectivity index (χ3n) is 0.227. The summed E-state index contributed by atoms with van der Waals surface area (Å²) in [5, 5.41) is 0. The summed E-state index contributed by atoms with van der Waals surface area (Å²) in [5.41, 5.74) is 5.66. The number of hydrogen-bond donors (Lipinski definition) is 1. The summed E-state index contributed by atoms with van der Waals surface area (Å²) >= 11 is 4.92. The van der Waals surface area contributed by atoms with Gasteiger partial charge in [-0.1, -0.05) is 11.6 Å². The summed E-state index contributed by atoms with van der Waals surface area (Å²) < 4.78 is 0. The van der Waals surface area contributed by atoms with Gasteiger partial charge in [-0.25, -0.2) is 0 Å². The van der Waals surface area contributed by atoms with Crippen LogP contribution in [-0.4, -0.2) is 5.91 Å². The Morgan fingerprint density at radius 3 is 2.33 bits per heavy atom. The molecule has 0 aromatic carbocycles. The molecule has 0 aliphatic heterocycles. The predicted molar refractivity (Wildman–Crippen MR) is 24.2 cm³/mol. The molecule has 3 heteroatoms. The van der Waals surface area contributed by atoms with Crippen LogP contribution in [0.4, 0.5) is 0 Å². The van der Waals surface area contributed by atoms with Gasteiger partial charge < -0.3 is 5.73 Å². The van der Waals surface area contributed by atoms with Crippen LogP contribution in [0.15, 0.2) is 11.6 Å².